The van der Waals surface area contributed by atoms with Crippen LogP contribution in [-0.4, -0.2) is 57.3 Å². The highest BCUT2D eigenvalue weighted by Gasteiger charge is 2.40. The van der Waals surface area contributed by atoms with Gasteiger partial charge in [0.25, 0.3) is 0 Å². The summed E-state index contributed by atoms with van der Waals surface area (Å²) in [4.78, 5) is 19.7. The monoisotopic (exact) mass is 413 g/mol. The number of carbonyl (C=O) groups is 2. The van der Waals surface area contributed by atoms with Crippen molar-refractivity contribution in [2.75, 3.05) is 19.7 Å². The van der Waals surface area contributed by atoms with Gasteiger partial charge in [-0.15, -0.1) is 0 Å². The minimum absolute atomic E-state index is 0.160. The lowest BCUT2D eigenvalue weighted by atomic mass is 10.0. The number of piperidine rings is 1. The Bertz CT molecular complexity index is 542. The van der Waals surface area contributed by atoms with Gasteiger partial charge >= 0.3 is 18.1 Å². The molecule has 2 N–H and O–H groups in total. The highest BCUT2D eigenvalue weighted by molar-refractivity contribution is 6.74. The van der Waals surface area contributed by atoms with Crippen LogP contribution in [0.3, 0.4) is 0 Å². The molecule has 0 bridgehead atoms. The molecule has 1 unspecified atom stereocenters. The number of carbonyl (C=O) groups excluding carboxylic acids is 1. The smallest absolute Gasteiger partial charge is 0.475 e. The number of hydrogen-bond donors (Lipinski definition) is 2. The predicted molar refractivity (Wildman–Crippen MR) is 98.0 cm³/mol. The standard InChI is InChI=1S/C15H29NO3Si.C2HF3O2/c1-12(17)18-10-8-13-11-16-9-7-14(13)19-20(5,6)15(2,3)4;3-2(4,5)1(6)7/h8,14,16H,7,9-11H2,1-6H3;(H,6,7). The van der Waals surface area contributed by atoms with Crippen molar-refractivity contribution in [2.45, 2.75) is 64.5 Å². The molecule has 1 fully saturated rings. The van der Waals surface area contributed by atoms with Crippen LogP contribution in [0.1, 0.15) is 34.1 Å². The SMILES string of the molecule is CC(=O)OCC=C1CNCCC1O[Si](C)(C)C(C)(C)C.O=C(O)C(F)(F)F. The minimum atomic E-state index is -5.08. The molecule has 1 atom stereocenters. The van der Waals surface area contributed by atoms with E-state index in [1.165, 1.54) is 12.5 Å². The van der Waals surface area contributed by atoms with Crippen molar-refractivity contribution in [3.8, 4) is 0 Å². The zero-order chi connectivity index (χ0) is 21.5. The zero-order valence-corrected chi connectivity index (χ0v) is 17.7. The number of rotatable bonds is 4. The van der Waals surface area contributed by atoms with Crippen LogP contribution in [0.15, 0.2) is 11.6 Å². The lowest BCUT2D eigenvalue weighted by Crippen LogP contribution is -2.47. The second-order valence-corrected chi connectivity index (χ2v) is 12.5. The normalized spacial score (nSPS) is 19.9. The molecule has 1 rings (SSSR count). The molecule has 0 aliphatic carbocycles. The number of ether oxygens (including phenoxy) is 1. The third kappa shape index (κ3) is 9.92. The Morgan fingerprint density at radius 3 is 2.22 bits per heavy atom. The molecule has 1 heterocycles. The van der Waals surface area contributed by atoms with E-state index in [0.29, 0.717) is 6.61 Å². The van der Waals surface area contributed by atoms with Crippen LogP contribution in [0.2, 0.25) is 18.1 Å². The Morgan fingerprint density at radius 1 is 1.30 bits per heavy atom. The van der Waals surface area contributed by atoms with Gasteiger partial charge in [-0.2, -0.15) is 13.2 Å². The van der Waals surface area contributed by atoms with E-state index >= 15 is 0 Å². The molecule has 1 aliphatic rings. The fourth-order valence-electron chi connectivity index (χ4n) is 1.90. The number of esters is 1. The molecule has 1 aliphatic heterocycles. The van der Waals surface area contributed by atoms with E-state index in [0.717, 1.165) is 19.5 Å². The predicted octanol–water partition coefficient (Wildman–Crippen LogP) is 3.49. The summed E-state index contributed by atoms with van der Waals surface area (Å²) in [7, 11) is -1.77. The third-order valence-corrected chi connectivity index (χ3v) is 8.93. The van der Waals surface area contributed by atoms with Crippen LogP contribution in [0, 0.1) is 0 Å². The molecular weight excluding hydrogens is 383 g/mol. The topological polar surface area (TPSA) is 84.9 Å². The van der Waals surface area contributed by atoms with Crippen LogP contribution < -0.4 is 5.32 Å². The first kappa shape index (κ1) is 25.6. The largest absolute Gasteiger partial charge is 0.490 e. The van der Waals surface area contributed by atoms with Crippen molar-refractivity contribution in [2.24, 2.45) is 0 Å². The average Bonchev–Trinajstić information content (AvgIpc) is 2.47. The molecule has 1 saturated heterocycles. The van der Waals surface area contributed by atoms with E-state index in [1.54, 1.807) is 0 Å². The van der Waals surface area contributed by atoms with Crippen LogP contribution >= 0.6 is 0 Å². The number of halogens is 3. The van der Waals surface area contributed by atoms with Crippen molar-refractivity contribution in [1.29, 1.82) is 0 Å². The van der Waals surface area contributed by atoms with Gasteiger partial charge < -0.3 is 19.6 Å². The van der Waals surface area contributed by atoms with Gasteiger partial charge in [0.15, 0.2) is 8.32 Å². The number of aliphatic carboxylic acids is 1. The van der Waals surface area contributed by atoms with Gasteiger partial charge in [0, 0.05) is 13.5 Å². The van der Waals surface area contributed by atoms with E-state index in [1.807, 2.05) is 6.08 Å². The molecule has 0 radical (unpaired) electrons. The number of carboxylic acid groups (broad SMARTS) is 1. The summed E-state index contributed by atoms with van der Waals surface area (Å²) in [5.74, 6) is -3.00. The lowest BCUT2D eigenvalue weighted by Gasteiger charge is -2.41. The van der Waals surface area contributed by atoms with Crippen molar-refractivity contribution in [1.82, 2.24) is 5.32 Å². The molecule has 0 aromatic rings. The Kier molecular flexibility index (Phi) is 9.71. The molecule has 158 valence electrons. The van der Waals surface area contributed by atoms with Crippen LogP contribution in [0.25, 0.3) is 0 Å². The zero-order valence-electron chi connectivity index (χ0n) is 16.7. The summed E-state index contributed by atoms with van der Waals surface area (Å²) >= 11 is 0. The number of hydrogen-bond acceptors (Lipinski definition) is 5. The van der Waals surface area contributed by atoms with E-state index in [4.69, 9.17) is 19.1 Å². The van der Waals surface area contributed by atoms with Gasteiger partial charge in [-0.05, 0) is 42.7 Å². The van der Waals surface area contributed by atoms with Gasteiger partial charge in [0.1, 0.15) is 6.61 Å². The summed E-state index contributed by atoms with van der Waals surface area (Å²) in [5.41, 5.74) is 1.21. The molecular formula is C17H30F3NO5Si. The van der Waals surface area contributed by atoms with Crippen molar-refractivity contribution in [3.05, 3.63) is 11.6 Å². The van der Waals surface area contributed by atoms with Crippen LogP contribution in [-0.2, 0) is 18.8 Å². The second kappa shape index (κ2) is 10.2. The fourth-order valence-corrected chi connectivity index (χ4v) is 3.24. The van der Waals surface area contributed by atoms with Gasteiger partial charge in [0.05, 0.1) is 6.10 Å². The van der Waals surface area contributed by atoms with E-state index in [2.05, 4.69) is 39.2 Å². The third-order valence-electron chi connectivity index (χ3n) is 4.44. The first-order valence-corrected chi connectivity index (χ1v) is 11.5. The number of alkyl halides is 3. The molecule has 27 heavy (non-hydrogen) atoms. The maximum absolute atomic E-state index is 10.8. The van der Waals surface area contributed by atoms with Crippen LogP contribution in [0.5, 0.6) is 0 Å². The summed E-state index contributed by atoms with van der Waals surface area (Å²) in [5, 5.41) is 10.7. The molecule has 0 aromatic carbocycles. The lowest BCUT2D eigenvalue weighted by molar-refractivity contribution is -0.192. The molecule has 0 amide bonds. The molecule has 0 saturated carbocycles. The van der Waals surface area contributed by atoms with Gasteiger partial charge in [0.2, 0.25) is 0 Å². The Balaban J connectivity index is 0.000000821. The summed E-state index contributed by atoms with van der Waals surface area (Å²) in [6.45, 7) is 14.9. The van der Waals surface area contributed by atoms with E-state index in [-0.39, 0.29) is 17.1 Å². The molecule has 10 heteroatoms. The van der Waals surface area contributed by atoms with Crippen LogP contribution in [0.4, 0.5) is 13.2 Å². The average molecular weight is 414 g/mol. The number of carboxylic acids is 1. The Hall–Kier alpha value is -1.39. The Morgan fingerprint density at radius 2 is 1.81 bits per heavy atom. The first-order valence-electron chi connectivity index (χ1n) is 8.59. The van der Waals surface area contributed by atoms with Crippen molar-refractivity contribution in [3.63, 3.8) is 0 Å². The maximum atomic E-state index is 10.8. The summed E-state index contributed by atoms with van der Waals surface area (Å²) in [6.07, 6.45) is -1.95. The second-order valence-electron chi connectivity index (χ2n) is 7.72. The summed E-state index contributed by atoms with van der Waals surface area (Å²) < 4.78 is 43.2. The van der Waals surface area contributed by atoms with Crippen molar-refractivity contribution >= 4 is 20.3 Å². The van der Waals surface area contributed by atoms with Gasteiger partial charge in [-0.3, -0.25) is 4.79 Å². The van der Waals surface area contributed by atoms with Gasteiger partial charge in [-0.25, -0.2) is 4.79 Å². The maximum Gasteiger partial charge on any atom is 0.490 e. The quantitative estimate of drug-likeness (QED) is 0.417. The highest BCUT2D eigenvalue weighted by atomic mass is 28.4. The molecule has 0 spiro atoms. The molecule has 6 nitrogen and oxygen atoms in total. The molecule has 0 aromatic heterocycles. The van der Waals surface area contributed by atoms with Crippen molar-refractivity contribution < 1.29 is 37.0 Å². The highest BCUT2D eigenvalue weighted by Crippen LogP contribution is 2.38. The summed E-state index contributed by atoms with van der Waals surface area (Å²) in [6, 6.07) is 0. The number of nitrogens with one attached hydrogen (secondary N) is 1. The first-order chi connectivity index (χ1) is 12.1. The minimum Gasteiger partial charge on any atom is -0.475 e. The Labute approximate surface area is 159 Å². The fraction of sp³-hybridized carbons (Fsp3) is 0.765. The van der Waals surface area contributed by atoms with Gasteiger partial charge in [-0.1, -0.05) is 20.8 Å². The van der Waals surface area contributed by atoms with E-state index < -0.39 is 20.5 Å². The van der Waals surface area contributed by atoms with E-state index in [9.17, 15) is 18.0 Å².